The first-order valence-electron chi connectivity index (χ1n) is 11.8. The number of aromatic carboxylic acids is 1. The van der Waals surface area contributed by atoms with Crippen LogP contribution < -0.4 is 20.8 Å². The minimum absolute atomic E-state index is 0.249. The summed E-state index contributed by atoms with van der Waals surface area (Å²) in [7, 11) is 0. The Morgan fingerprint density at radius 2 is 1.25 bits per heavy atom. The van der Waals surface area contributed by atoms with Gasteiger partial charge in [-0.25, -0.2) is 24.7 Å². The number of nitrogens with zero attached hydrogens (tertiary/aromatic N) is 6. The summed E-state index contributed by atoms with van der Waals surface area (Å²) < 4.78 is 2.57. The number of carboxylic acids is 1. The molecule has 0 aliphatic heterocycles. The van der Waals surface area contributed by atoms with Crippen molar-refractivity contribution in [2.75, 3.05) is 12.5 Å². The molecule has 0 unspecified atom stereocenters. The van der Waals surface area contributed by atoms with Crippen molar-refractivity contribution in [2.24, 2.45) is 0 Å². The van der Waals surface area contributed by atoms with E-state index in [1.54, 1.807) is 39.3 Å². The minimum Gasteiger partial charge on any atom is -0.477 e. The van der Waals surface area contributed by atoms with Crippen LogP contribution >= 0.6 is 39.5 Å². The van der Waals surface area contributed by atoms with E-state index in [1.165, 1.54) is 40.5 Å². The highest BCUT2D eigenvalue weighted by atomic mass is 79.9. The van der Waals surface area contributed by atoms with E-state index in [0.717, 1.165) is 10.1 Å². The lowest BCUT2D eigenvalue weighted by molar-refractivity contribution is -0.0151. The molecule has 15 heteroatoms. The van der Waals surface area contributed by atoms with Crippen molar-refractivity contribution in [1.29, 1.82) is 0 Å². The third-order valence-corrected chi connectivity index (χ3v) is 6.34. The smallest absolute Gasteiger partial charge is 0.341 e. The van der Waals surface area contributed by atoms with E-state index < -0.39 is 22.7 Å². The Labute approximate surface area is 246 Å². The van der Waals surface area contributed by atoms with Crippen LogP contribution in [0.15, 0.2) is 48.9 Å². The Balaban J connectivity index is 0.000000222. The second kappa shape index (κ2) is 12.1. The maximum absolute atomic E-state index is 12.3. The standard InChI is InChI=1S/C13H15N3O4S.C12H14BrN3O2S/c1-13(2,3)20-16-9-7(6-14-12(15-9)21-4)5-8(10(16)17)11(18)19;1-12(2,3)18-16-9-7(5-8(13)10(16)17)6-14-11(15-9)19-4/h5-6H,1-4H3,(H,18,19);5-6H,1-4H3. The summed E-state index contributed by atoms with van der Waals surface area (Å²) in [6, 6.07) is 2.96. The molecule has 1 N–H and O–H groups in total. The Kier molecular flexibility index (Phi) is 9.52. The number of aromatic nitrogens is 6. The van der Waals surface area contributed by atoms with Crippen molar-refractivity contribution in [2.45, 2.75) is 63.1 Å². The molecule has 0 aliphatic rings. The quantitative estimate of drug-likeness (QED) is 0.245. The number of carboxylic acid groups (broad SMARTS) is 1. The van der Waals surface area contributed by atoms with Crippen molar-refractivity contribution >= 4 is 67.5 Å². The molecule has 4 heterocycles. The molecule has 4 rings (SSSR count). The molecule has 0 saturated carbocycles. The summed E-state index contributed by atoms with van der Waals surface area (Å²) in [6.07, 6.45) is 6.84. The van der Waals surface area contributed by atoms with Gasteiger partial charge in [0.2, 0.25) is 0 Å². The van der Waals surface area contributed by atoms with Gasteiger partial charge < -0.3 is 14.8 Å². The normalized spacial score (nSPS) is 11.7. The number of carbonyl (C=O) groups is 1. The van der Waals surface area contributed by atoms with Gasteiger partial charge in [0.15, 0.2) is 21.6 Å². The van der Waals surface area contributed by atoms with Crippen molar-refractivity contribution in [3.8, 4) is 0 Å². The molecule has 40 heavy (non-hydrogen) atoms. The van der Waals surface area contributed by atoms with Crippen LogP contribution in [0.3, 0.4) is 0 Å². The number of thioether (sulfide) groups is 2. The first-order valence-corrected chi connectivity index (χ1v) is 15.0. The van der Waals surface area contributed by atoms with Gasteiger partial charge in [-0.05, 0) is 82.1 Å². The van der Waals surface area contributed by atoms with Crippen LogP contribution in [-0.2, 0) is 0 Å². The summed E-state index contributed by atoms with van der Waals surface area (Å²) in [5, 5.41) is 11.4. The lowest BCUT2D eigenvalue weighted by Crippen LogP contribution is -2.40. The zero-order chi connectivity index (χ0) is 30.0. The third kappa shape index (κ3) is 7.52. The van der Waals surface area contributed by atoms with Crippen molar-refractivity contribution < 1.29 is 19.6 Å². The van der Waals surface area contributed by atoms with Crippen molar-refractivity contribution in [1.82, 2.24) is 29.4 Å². The minimum atomic E-state index is -1.32. The van der Waals surface area contributed by atoms with Gasteiger partial charge in [-0.2, -0.15) is 0 Å². The summed E-state index contributed by atoms with van der Waals surface area (Å²) in [4.78, 5) is 63.8. The van der Waals surface area contributed by atoms with E-state index in [4.69, 9.17) is 14.8 Å². The average molecular weight is 654 g/mol. The van der Waals surface area contributed by atoms with Crippen LogP contribution in [0, 0.1) is 0 Å². The first-order chi connectivity index (χ1) is 18.5. The summed E-state index contributed by atoms with van der Waals surface area (Å²) in [5.41, 5.74) is -1.86. The molecule has 0 bridgehead atoms. The van der Waals surface area contributed by atoms with E-state index in [2.05, 4.69) is 35.9 Å². The van der Waals surface area contributed by atoms with Gasteiger partial charge in [-0.15, -0.1) is 9.46 Å². The highest BCUT2D eigenvalue weighted by molar-refractivity contribution is 9.10. The van der Waals surface area contributed by atoms with Crippen LogP contribution in [0.5, 0.6) is 0 Å². The Morgan fingerprint density at radius 3 is 1.65 bits per heavy atom. The predicted octanol–water partition coefficient (Wildman–Crippen LogP) is 3.94. The number of hydrogen-bond acceptors (Lipinski definition) is 11. The van der Waals surface area contributed by atoms with Gasteiger partial charge in [-0.1, -0.05) is 23.5 Å². The van der Waals surface area contributed by atoms with Crippen LogP contribution in [-0.4, -0.2) is 64.2 Å². The van der Waals surface area contributed by atoms with Crippen LogP contribution in [0.1, 0.15) is 51.9 Å². The molecule has 0 amide bonds. The maximum atomic E-state index is 12.3. The molecule has 0 atom stereocenters. The Bertz CT molecular complexity index is 1690. The number of rotatable bonds is 5. The van der Waals surface area contributed by atoms with E-state index >= 15 is 0 Å². The summed E-state index contributed by atoms with van der Waals surface area (Å²) >= 11 is 5.97. The fourth-order valence-corrected chi connectivity index (χ4v) is 4.22. The largest absolute Gasteiger partial charge is 0.477 e. The fourth-order valence-electron chi connectivity index (χ4n) is 3.14. The lowest BCUT2D eigenvalue weighted by atomic mass is 10.2. The van der Waals surface area contributed by atoms with Crippen molar-refractivity contribution in [3.05, 3.63) is 55.3 Å². The van der Waals surface area contributed by atoms with E-state index in [0.29, 0.717) is 25.8 Å². The highest BCUT2D eigenvalue weighted by Crippen LogP contribution is 2.19. The van der Waals surface area contributed by atoms with Crippen LogP contribution in [0.2, 0.25) is 0 Å². The zero-order valence-electron chi connectivity index (χ0n) is 23.2. The number of hydrogen-bond donors (Lipinski definition) is 1. The van der Waals surface area contributed by atoms with Gasteiger partial charge in [0.05, 0.1) is 4.47 Å². The molecule has 0 aliphatic carbocycles. The molecular weight excluding hydrogens is 624 g/mol. The average Bonchev–Trinajstić information content (AvgIpc) is 2.86. The number of halogens is 1. The maximum Gasteiger partial charge on any atom is 0.341 e. The predicted molar refractivity (Wildman–Crippen MR) is 158 cm³/mol. The molecule has 12 nitrogen and oxygen atoms in total. The second-order valence-electron chi connectivity index (χ2n) is 10.2. The second-order valence-corrected chi connectivity index (χ2v) is 12.6. The summed E-state index contributed by atoms with van der Waals surface area (Å²) in [6.45, 7) is 10.9. The molecule has 4 aromatic rings. The zero-order valence-corrected chi connectivity index (χ0v) is 26.4. The molecule has 214 valence electrons. The molecular formula is C25H29BrN6O6S2. The van der Waals surface area contributed by atoms with Gasteiger partial charge in [0, 0.05) is 23.2 Å². The van der Waals surface area contributed by atoms with Crippen LogP contribution in [0.4, 0.5) is 0 Å². The molecule has 0 aromatic carbocycles. The van der Waals surface area contributed by atoms with Gasteiger partial charge in [0.1, 0.15) is 16.8 Å². The number of pyridine rings is 2. The van der Waals surface area contributed by atoms with Gasteiger partial charge in [0.25, 0.3) is 11.1 Å². The Morgan fingerprint density at radius 1 is 0.825 bits per heavy atom. The monoisotopic (exact) mass is 652 g/mol. The van der Waals surface area contributed by atoms with E-state index in [9.17, 15) is 14.4 Å². The van der Waals surface area contributed by atoms with Gasteiger partial charge >= 0.3 is 5.97 Å². The highest BCUT2D eigenvalue weighted by Gasteiger charge is 2.22. The van der Waals surface area contributed by atoms with E-state index in [1.807, 2.05) is 27.0 Å². The Hall–Kier alpha value is -3.17. The lowest BCUT2D eigenvalue weighted by Gasteiger charge is -2.22. The van der Waals surface area contributed by atoms with E-state index in [-0.39, 0.29) is 16.8 Å². The van der Waals surface area contributed by atoms with Gasteiger partial charge in [-0.3, -0.25) is 9.59 Å². The SMILES string of the molecule is CSc1ncc2cc(Br)c(=O)n(OC(C)(C)C)c2n1.CSc1ncc2cc(C(=O)O)c(=O)n(OC(C)(C)C)c2n1. The molecule has 0 spiro atoms. The molecule has 0 radical (unpaired) electrons. The van der Waals surface area contributed by atoms with Crippen LogP contribution in [0.25, 0.3) is 22.1 Å². The molecule has 0 saturated heterocycles. The summed E-state index contributed by atoms with van der Waals surface area (Å²) in [5.74, 6) is -1.32. The fraction of sp³-hybridized carbons (Fsp3) is 0.400. The first kappa shape index (κ1) is 31.4. The third-order valence-electron chi connectivity index (χ3n) is 4.64. The van der Waals surface area contributed by atoms with Crippen molar-refractivity contribution in [3.63, 3.8) is 0 Å². The number of fused-ring (bicyclic) bond motifs is 2. The molecule has 4 aromatic heterocycles. The topological polar surface area (TPSA) is 151 Å². The molecule has 0 fully saturated rings.